The molecule has 1 aliphatic rings. The molecule has 2 aromatic heterocycles. The lowest BCUT2D eigenvalue weighted by atomic mass is 10.1. The monoisotopic (exact) mass is 501 g/mol. The van der Waals surface area contributed by atoms with Gasteiger partial charge in [0.2, 0.25) is 5.79 Å². The van der Waals surface area contributed by atoms with Crippen molar-refractivity contribution in [1.29, 1.82) is 0 Å². The van der Waals surface area contributed by atoms with Crippen LogP contribution >= 0.6 is 34.5 Å². The maximum absolute atomic E-state index is 6.52. The summed E-state index contributed by atoms with van der Waals surface area (Å²) >= 11 is 14.3. The molecule has 0 bridgehead atoms. The number of halogens is 2. The molecule has 1 aliphatic heterocycles. The number of imidazole rings is 1. The summed E-state index contributed by atoms with van der Waals surface area (Å²) in [5, 5.41) is 4.13. The van der Waals surface area contributed by atoms with Crippen LogP contribution in [0, 0.1) is 6.92 Å². The quantitative estimate of drug-likeness (QED) is 0.312. The van der Waals surface area contributed by atoms with Crippen LogP contribution in [0.3, 0.4) is 0 Å². The number of ether oxygens (including phenoxy) is 3. The number of hydrogen-bond acceptors (Lipinski definition) is 6. The molecule has 2 unspecified atom stereocenters. The summed E-state index contributed by atoms with van der Waals surface area (Å²) in [6.07, 6.45) is 5.01. The van der Waals surface area contributed by atoms with E-state index in [1.807, 2.05) is 48.0 Å². The van der Waals surface area contributed by atoms with Gasteiger partial charge in [-0.3, -0.25) is 0 Å². The molecule has 1 saturated heterocycles. The fraction of sp³-hybridized carbons (Fsp3) is 0.250. The summed E-state index contributed by atoms with van der Waals surface area (Å²) < 4.78 is 20.5. The highest BCUT2D eigenvalue weighted by molar-refractivity contribution is 7.09. The first-order valence-electron chi connectivity index (χ1n) is 10.4. The normalized spacial score (nSPS) is 20.3. The van der Waals surface area contributed by atoms with E-state index in [1.165, 1.54) is 0 Å². The van der Waals surface area contributed by atoms with Crippen LogP contribution in [0.5, 0.6) is 5.75 Å². The Labute approximate surface area is 205 Å². The number of rotatable bonds is 7. The number of hydrogen-bond donors (Lipinski definition) is 0. The third kappa shape index (κ3) is 4.93. The van der Waals surface area contributed by atoms with Crippen LogP contribution in [-0.2, 0) is 21.8 Å². The van der Waals surface area contributed by atoms with Crippen LogP contribution in [0.15, 0.2) is 66.6 Å². The van der Waals surface area contributed by atoms with E-state index in [0.29, 0.717) is 35.4 Å². The second-order valence-electron chi connectivity index (χ2n) is 7.75. The molecule has 0 radical (unpaired) electrons. The van der Waals surface area contributed by atoms with Gasteiger partial charge < -0.3 is 18.8 Å². The maximum Gasteiger partial charge on any atom is 0.215 e. The molecular formula is C24H21Cl2N3O3S. The predicted molar refractivity (Wildman–Crippen MR) is 129 cm³/mol. The Morgan fingerprint density at radius 3 is 2.76 bits per heavy atom. The molecule has 2 atom stereocenters. The zero-order valence-corrected chi connectivity index (χ0v) is 20.1. The Morgan fingerprint density at radius 2 is 2.06 bits per heavy atom. The third-order valence-electron chi connectivity index (χ3n) is 5.36. The van der Waals surface area contributed by atoms with E-state index >= 15 is 0 Å². The van der Waals surface area contributed by atoms with Crippen LogP contribution in [0.1, 0.15) is 10.6 Å². The fourth-order valence-electron chi connectivity index (χ4n) is 3.78. The van der Waals surface area contributed by atoms with Gasteiger partial charge in [-0.15, -0.1) is 11.3 Å². The third-order valence-corrected chi connectivity index (χ3v) is 6.68. The Morgan fingerprint density at radius 1 is 1.21 bits per heavy atom. The molecule has 1 fully saturated rings. The number of aromatic nitrogens is 3. The molecule has 0 spiro atoms. The summed E-state index contributed by atoms with van der Waals surface area (Å²) in [5.74, 6) is -0.311. The van der Waals surface area contributed by atoms with E-state index in [4.69, 9.17) is 37.4 Å². The van der Waals surface area contributed by atoms with E-state index in [-0.39, 0.29) is 6.10 Å². The van der Waals surface area contributed by atoms with Gasteiger partial charge in [-0.25, -0.2) is 9.97 Å². The van der Waals surface area contributed by atoms with Crippen LogP contribution in [0.25, 0.3) is 11.3 Å². The molecule has 4 aromatic rings. The Hall–Kier alpha value is -2.42. The molecule has 2 aromatic carbocycles. The zero-order chi connectivity index (χ0) is 22.8. The molecule has 170 valence electrons. The Balaban J connectivity index is 1.29. The lowest BCUT2D eigenvalue weighted by Crippen LogP contribution is -2.34. The summed E-state index contributed by atoms with van der Waals surface area (Å²) in [7, 11) is 0. The van der Waals surface area contributed by atoms with Crippen LogP contribution in [0.4, 0.5) is 0 Å². The van der Waals surface area contributed by atoms with Crippen molar-refractivity contribution < 1.29 is 14.2 Å². The number of benzene rings is 2. The predicted octanol–water partition coefficient (Wildman–Crippen LogP) is 5.97. The van der Waals surface area contributed by atoms with Gasteiger partial charge in [0.15, 0.2) is 0 Å². The summed E-state index contributed by atoms with van der Waals surface area (Å²) in [5.41, 5.74) is 2.75. The molecular weight excluding hydrogens is 481 g/mol. The van der Waals surface area contributed by atoms with Crippen LogP contribution in [0.2, 0.25) is 10.0 Å². The van der Waals surface area contributed by atoms with Crippen molar-refractivity contribution in [2.75, 3.05) is 13.2 Å². The molecule has 3 heterocycles. The maximum atomic E-state index is 6.52. The second kappa shape index (κ2) is 9.44. The molecule has 0 aliphatic carbocycles. The fourth-order valence-corrected chi connectivity index (χ4v) is 4.96. The topological polar surface area (TPSA) is 58.4 Å². The molecule has 33 heavy (non-hydrogen) atoms. The van der Waals surface area contributed by atoms with Crippen molar-refractivity contribution in [2.24, 2.45) is 0 Å². The minimum Gasteiger partial charge on any atom is -0.491 e. The molecule has 0 amide bonds. The van der Waals surface area contributed by atoms with Gasteiger partial charge in [-0.05, 0) is 43.3 Å². The van der Waals surface area contributed by atoms with E-state index in [9.17, 15) is 0 Å². The molecule has 5 rings (SSSR count). The highest BCUT2D eigenvalue weighted by atomic mass is 35.5. The van der Waals surface area contributed by atoms with Gasteiger partial charge >= 0.3 is 0 Å². The van der Waals surface area contributed by atoms with Crippen molar-refractivity contribution >= 4 is 34.5 Å². The van der Waals surface area contributed by atoms with Crippen molar-refractivity contribution in [3.8, 4) is 17.0 Å². The van der Waals surface area contributed by atoms with Gasteiger partial charge in [0, 0.05) is 33.9 Å². The van der Waals surface area contributed by atoms with E-state index in [2.05, 4.69) is 15.3 Å². The van der Waals surface area contributed by atoms with Crippen LogP contribution in [-0.4, -0.2) is 33.9 Å². The standard InChI is InChI=1S/C24H21Cl2N3O3S/c1-16-28-23(13-33-16)17-2-5-19(6-3-17)30-11-20-12-31-24(32-20,14-29-9-8-27-15-29)21-7-4-18(25)10-22(21)26/h2-10,13,15,20H,11-12,14H2,1H3. The van der Waals surface area contributed by atoms with Gasteiger partial charge in [0.25, 0.3) is 0 Å². The van der Waals surface area contributed by atoms with E-state index < -0.39 is 5.79 Å². The van der Waals surface area contributed by atoms with Crippen LogP contribution < -0.4 is 4.74 Å². The SMILES string of the molecule is Cc1nc(-c2ccc(OCC3COC(Cn4ccnc4)(c4ccc(Cl)cc4Cl)O3)cc2)cs1. The van der Waals surface area contributed by atoms with Gasteiger partial charge in [-0.1, -0.05) is 29.3 Å². The summed E-state index contributed by atoms with van der Waals surface area (Å²) in [6.45, 7) is 3.10. The summed E-state index contributed by atoms with van der Waals surface area (Å²) in [6, 6.07) is 13.2. The summed E-state index contributed by atoms with van der Waals surface area (Å²) in [4.78, 5) is 8.64. The first kappa shape index (κ1) is 22.4. The molecule has 9 heteroatoms. The lowest BCUT2D eigenvalue weighted by Gasteiger charge is -2.30. The van der Waals surface area contributed by atoms with Gasteiger partial charge in [-0.2, -0.15) is 0 Å². The first-order chi connectivity index (χ1) is 16.0. The van der Waals surface area contributed by atoms with Gasteiger partial charge in [0.05, 0.1) is 35.2 Å². The lowest BCUT2D eigenvalue weighted by molar-refractivity contribution is -0.189. The zero-order valence-electron chi connectivity index (χ0n) is 17.8. The van der Waals surface area contributed by atoms with Crippen molar-refractivity contribution in [3.05, 3.63) is 87.2 Å². The minimum absolute atomic E-state index is 0.277. The average molecular weight is 502 g/mol. The average Bonchev–Trinajstić information content (AvgIpc) is 3.55. The van der Waals surface area contributed by atoms with E-state index in [0.717, 1.165) is 22.0 Å². The smallest absolute Gasteiger partial charge is 0.215 e. The van der Waals surface area contributed by atoms with Crippen molar-refractivity contribution in [1.82, 2.24) is 14.5 Å². The van der Waals surface area contributed by atoms with E-state index in [1.54, 1.807) is 36.0 Å². The van der Waals surface area contributed by atoms with Gasteiger partial charge in [0.1, 0.15) is 18.5 Å². The first-order valence-corrected chi connectivity index (χ1v) is 12.0. The molecule has 6 nitrogen and oxygen atoms in total. The number of thiazole rings is 1. The highest BCUT2D eigenvalue weighted by Crippen LogP contribution is 2.40. The highest BCUT2D eigenvalue weighted by Gasteiger charge is 2.45. The Kier molecular flexibility index (Phi) is 6.40. The largest absolute Gasteiger partial charge is 0.491 e. The van der Waals surface area contributed by atoms with Crippen molar-refractivity contribution in [3.63, 3.8) is 0 Å². The molecule has 0 N–H and O–H groups in total. The molecule has 0 saturated carbocycles. The minimum atomic E-state index is -1.07. The number of aryl methyl sites for hydroxylation is 1. The second-order valence-corrected chi connectivity index (χ2v) is 9.66. The Bertz CT molecular complexity index is 1230. The number of nitrogens with zero attached hydrogens (tertiary/aromatic N) is 3. The van der Waals surface area contributed by atoms with Crippen molar-refractivity contribution in [2.45, 2.75) is 25.4 Å².